The second-order valence-electron chi connectivity index (χ2n) is 9.54. The Bertz CT molecular complexity index is 1350. The van der Waals surface area contributed by atoms with Crippen LogP contribution in [-0.2, 0) is 16.6 Å². The highest BCUT2D eigenvalue weighted by atomic mass is 16.2. The smallest absolute Gasteiger partial charge is 0.222 e. The lowest BCUT2D eigenvalue weighted by Gasteiger charge is -2.50. The van der Waals surface area contributed by atoms with Crippen LogP contribution in [0.4, 0.5) is 0 Å². The van der Waals surface area contributed by atoms with E-state index in [0.717, 1.165) is 19.3 Å². The van der Waals surface area contributed by atoms with E-state index in [2.05, 4.69) is 79.7 Å². The molecule has 4 aromatic carbocycles. The average molecular weight is 406 g/mol. The molecule has 154 valence electrons. The van der Waals surface area contributed by atoms with Crippen LogP contribution < -0.4 is 0 Å². The summed E-state index contributed by atoms with van der Waals surface area (Å²) < 4.78 is 0. The van der Waals surface area contributed by atoms with Crippen molar-refractivity contribution in [3.63, 3.8) is 0 Å². The molecule has 1 amide bonds. The quantitative estimate of drug-likeness (QED) is 0.332. The first-order valence-electron chi connectivity index (χ1n) is 11.4. The summed E-state index contributed by atoms with van der Waals surface area (Å²) >= 11 is 0. The summed E-state index contributed by atoms with van der Waals surface area (Å²) in [6.07, 6.45) is 3.69. The number of nitrogens with zero attached hydrogens (tertiary/aromatic N) is 1. The minimum atomic E-state index is 0.0558. The van der Waals surface area contributed by atoms with E-state index in [4.69, 9.17) is 0 Å². The summed E-state index contributed by atoms with van der Waals surface area (Å²) in [4.78, 5) is 14.3. The van der Waals surface area contributed by atoms with Gasteiger partial charge in [-0.25, -0.2) is 0 Å². The van der Waals surface area contributed by atoms with Crippen molar-refractivity contribution in [2.24, 2.45) is 0 Å². The molecule has 1 heterocycles. The molecule has 31 heavy (non-hydrogen) atoms. The molecule has 0 unspecified atom stereocenters. The zero-order valence-corrected chi connectivity index (χ0v) is 18.2. The van der Waals surface area contributed by atoms with Gasteiger partial charge in [0.05, 0.1) is 0 Å². The Morgan fingerprint density at radius 3 is 2.45 bits per heavy atom. The van der Waals surface area contributed by atoms with Crippen LogP contribution in [0.1, 0.15) is 37.3 Å². The fraction of sp³-hybridized carbons (Fsp3) is 0.276. The summed E-state index contributed by atoms with van der Waals surface area (Å²) in [6.45, 7) is 2.36. The van der Waals surface area contributed by atoms with Gasteiger partial charge in [-0.1, -0.05) is 73.7 Å². The molecular weight excluding hydrogens is 378 g/mol. The summed E-state index contributed by atoms with van der Waals surface area (Å²) in [6, 6.07) is 27.2. The molecule has 1 fully saturated rings. The summed E-state index contributed by atoms with van der Waals surface area (Å²) in [5, 5.41) is 5.22. The van der Waals surface area contributed by atoms with Gasteiger partial charge in [0, 0.05) is 24.9 Å². The predicted molar refractivity (Wildman–Crippen MR) is 128 cm³/mol. The summed E-state index contributed by atoms with van der Waals surface area (Å²) in [7, 11) is 1.99. The second-order valence-corrected chi connectivity index (χ2v) is 9.54. The number of aryl methyl sites for hydroxylation is 1. The Hall–Kier alpha value is -3.13. The number of piperidine rings is 1. The Balaban J connectivity index is 1.53. The minimum absolute atomic E-state index is 0.0558. The maximum Gasteiger partial charge on any atom is 0.222 e. The van der Waals surface area contributed by atoms with Crippen molar-refractivity contribution in [1.82, 2.24) is 4.90 Å². The first-order chi connectivity index (χ1) is 15.1. The van der Waals surface area contributed by atoms with E-state index in [-0.39, 0.29) is 5.41 Å². The molecular formula is C29H27NO. The highest BCUT2D eigenvalue weighted by Gasteiger charge is 2.46. The van der Waals surface area contributed by atoms with Gasteiger partial charge in [-0.2, -0.15) is 0 Å². The van der Waals surface area contributed by atoms with E-state index in [0.29, 0.717) is 18.4 Å². The van der Waals surface area contributed by atoms with Crippen molar-refractivity contribution in [1.29, 1.82) is 0 Å². The maximum absolute atomic E-state index is 12.3. The second kappa shape index (κ2) is 6.68. The predicted octanol–water partition coefficient (Wildman–Crippen LogP) is 6.48. The van der Waals surface area contributed by atoms with E-state index < -0.39 is 0 Å². The molecule has 2 heteroatoms. The van der Waals surface area contributed by atoms with Gasteiger partial charge in [0.15, 0.2) is 0 Å². The summed E-state index contributed by atoms with van der Waals surface area (Å²) in [5.74, 6) is 0.296. The van der Waals surface area contributed by atoms with Crippen LogP contribution in [0.3, 0.4) is 0 Å². The van der Waals surface area contributed by atoms with E-state index in [9.17, 15) is 4.79 Å². The van der Waals surface area contributed by atoms with Gasteiger partial charge in [0.25, 0.3) is 0 Å². The van der Waals surface area contributed by atoms with Crippen LogP contribution in [-0.4, -0.2) is 23.9 Å². The molecule has 2 atom stereocenters. The van der Waals surface area contributed by atoms with E-state index >= 15 is 0 Å². The fourth-order valence-corrected chi connectivity index (χ4v) is 6.25. The molecule has 0 N–H and O–H groups in total. The molecule has 0 saturated carbocycles. The average Bonchev–Trinajstić information content (AvgIpc) is 2.81. The largest absolute Gasteiger partial charge is 0.342 e. The fourth-order valence-electron chi connectivity index (χ4n) is 6.25. The van der Waals surface area contributed by atoms with Gasteiger partial charge in [0.1, 0.15) is 0 Å². The first kappa shape index (κ1) is 18.6. The third-order valence-electron chi connectivity index (χ3n) is 7.94. The maximum atomic E-state index is 12.3. The highest BCUT2D eigenvalue weighted by Crippen LogP contribution is 2.47. The van der Waals surface area contributed by atoms with Crippen LogP contribution in [0, 0.1) is 0 Å². The van der Waals surface area contributed by atoms with E-state index in [1.165, 1.54) is 43.8 Å². The van der Waals surface area contributed by atoms with Crippen molar-refractivity contribution in [2.45, 2.75) is 44.1 Å². The van der Waals surface area contributed by atoms with Gasteiger partial charge in [-0.3, -0.25) is 4.79 Å². The van der Waals surface area contributed by atoms with Gasteiger partial charge < -0.3 is 4.90 Å². The molecule has 1 aliphatic carbocycles. The Kier molecular flexibility index (Phi) is 4.02. The van der Waals surface area contributed by atoms with E-state index in [1.807, 2.05) is 11.9 Å². The first-order valence-corrected chi connectivity index (χ1v) is 11.4. The van der Waals surface area contributed by atoms with E-state index in [1.54, 1.807) is 0 Å². The number of rotatable bonds is 1. The molecule has 0 bridgehead atoms. The van der Waals surface area contributed by atoms with Crippen LogP contribution >= 0.6 is 0 Å². The molecule has 0 radical (unpaired) electrons. The van der Waals surface area contributed by atoms with Crippen molar-refractivity contribution in [2.75, 3.05) is 7.05 Å². The number of likely N-dealkylation sites (tertiary alicyclic amines) is 1. The lowest BCUT2D eigenvalue weighted by Crippen LogP contribution is -2.56. The van der Waals surface area contributed by atoms with Crippen molar-refractivity contribution in [3.05, 3.63) is 83.9 Å². The standard InChI is InChI=1S/C29H27NO/c1-29-16-15-28(31)30(2)27(29)14-12-21-17-20(11-13-26(21)29)25-18-19-7-3-4-8-22(19)23-9-5-6-10-24(23)25/h3-11,13,17-18,27H,12,14-16H2,1-2H3/t27-,29-/m1/s1. The third-order valence-corrected chi connectivity index (χ3v) is 7.94. The van der Waals surface area contributed by atoms with Gasteiger partial charge in [0.2, 0.25) is 5.91 Å². The molecule has 1 aliphatic heterocycles. The topological polar surface area (TPSA) is 20.3 Å². The summed E-state index contributed by atoms with van der Waals surface area (Å²) in [5.41, 5.74) is 5.55. The number of carbonyl (C=O) groups is 1. The van der Waals surface area contributed by atoms with Crippen molar-refractivity contribution in [3.8, 4) is 11.1 Å². The van der Waals surface area contributed by atoms with Crippen LogP contribution in [0.15, 0.2) is 72.8 Å². The molecule has 0 aromatic heterocycles. The number of benzene rings is 4. The number of likely N-dealkylation sites (N-methyl/N-ethyl adjacent to an activating group) is 1. The molecule has 4 aromatic rings. The molecule has 2 aliphatic rings. The minimum Gasteiger partial charge on any atom is -0.342 e. The SMILES string of the molecule is CN1C(=O)CC[C@]2(C)c3ccc(-c4cc5ccccc5c5ccccc45)cc3CC[C@@H]12. The zero-order valence-electron chi connectivity index (χ0n) is 18.2. The van der Waals surface area contributed by atoms with Crippen molar-refractivity contribution < 1.29 is 4.79 Å². The Labute approximate surface area is 183 Å². The lowest BCUT2D eigenvalue weighted by molar-refractivity contribution is -0.138. The number of hydrogen-bond donors (Lipinski definition) is 0. The number of amides is 1. The normalized spacial score (nSPS) is 23.1. The number of fused-ring (bicyclic) bond motifs is 6. The van der Waals surface area contributed by atoms with Crippen LogP contribution in [0.5, 0.6) is 0 Å². The van der Waals surface area contributed by atoms with Crippen LogP contribution in [0.25, 0.3) is 32.7 Å². The van der Waals surface area contributed by atoms with Crippen molar-refractivity contribution >= 4 is 27.5 Å². The van der Waals surface area contributed by atoms with Gasteiger partial charge in [-0.15, -0.1) is 0 Å². The lowest BCUT2D eigenvalue weighted by atomic mass is 9.63. The monoisotopic (exact) mass is 405 g/mol. The Morgan fingerprint density at radius 2 is 1.61 bits per heavy atom. The van der Waals surface area contributed by atoms with Gasteiger partial charge in [-0.05, 0) is 69.1 Å². The third kappa shape index (κ3) is 2.67. The van der Waals surface area contributed by atoms with Crippen LogP contribution in [0.2, 0.25) is 0 Å². The number of carbonyl (C=O) groups excluding carboxylic acids is 1. The van der Waals surface area contributed by atoms with Gasteiger partial charge >= 0.3 is 0 Å². The molecule has 2 nitrogen and oxygen atoms in total. The molecule has 6 rings (SSSR count). The highest BCUT2D eigenvalue weighted by molar-refractivity contribution is 6.13. The molecule has 0 spiro atoms. The molecule has 1 saturated heterocycles. The Morgan fingerprint density at radius 1 is 0.871 bits per heavy atom. The zero-order chi connectivity index (χ0) is 21.2. The number of hydrogen-bond acceptors (Lipinski definition) is 1.